The van der Waals surface area contributed by atoms with Crippen LogP contribution in [-0.2, 0) is 0 Å². The van der Waals surface area contributed by atoms with Crippen molar-refractivity contribution in [3.8, 4) is 11.1 Å². The molecule has 0 fully saturated rings. The molecule has 4 rings (SSSR count). The summed E-state index contributed by atoms with van der Waals surface area (Å²) in [6.45, 7) is 0. The first kappa shape index (κ1) is 18.2. The summed E-state index contributed by atoms with van der Waals surface area (Å²) in [4.78, 5) is 17.2. The van der Waals surface area contributed by atoms with E-state index in [0.29, 0.717) is 11.6 Å². The Morgan fingerprint density at radius 3 is 2.66 bits per heavy atom. The minimum atomic E-state index is 0.593. The molecule has 4 heterocycles. The number of rotatable bonds is 5. The van der Waals surface area contributed by atoms with Gasteiger partial charge in [-0.25, -0.2) is 4.98 Å². The molecule has 0 amide bonds. The second-order valence-corrected chi connectivity index (χ2v) is 6.16. The first-order valence-corrected chi connectivity index (χ1v) is 8.88. The lowest BCUT2D eigenvalue weighted by Crippen LogP contribution is -1.99. The van der Waals surface area contributed by atoms with Crippen LogP contribution >= 0.6 is 0 Å². The maximum absolute atomic E-state index is 5.70. The Labute approximate surface area is 167 Å². The number of nitrogens with two attached hydrogens (primary N) is 1. The molecule has 0 atom stereocenters. The van der Waals surface area contributed by atoms with Crippen LogP contribution in [0, 0.1) is 0 Å². The third-order valence-electron chi connectivity index (χ3n) is 4.24. The average Bonchev–Trinajstić information content (AvgIpc) is 2.78. The molecule has 0 bridgehead atoms. The number of nitrogens with zero attached hydrogens (tertiary/aromatic N) is 6. The second-order valence-electron chi connectivity index (χ2n) is 6.16. The Bertz CT molecular complexity index is 1200. The number of aliphatic imine (C=N–C) groups is 1. The number of pyridine rings is 3. The van der Waals surface area contributed by atoms with Crippen LogP contribution in [0.4, 0.5) is 11.6 Å². The Morgan fingerprint density at radius 1 is 1.00 bits per heavy atom. The van der Waals surface area contributed by atoms with Crippen molar-refractivity contribution in [2.75, 3.05) is 12.4 Å². The summed E-state index contributed by atoms with van der Waals surface area (Å²) < 4.78 is 0. The van der Waals surface area contributed by atoms with Crippen molar-refractivity contribution >= 4 is 34.5 Å². The molecule has 0 saturated heterocycles. The highest BCUT2D eigenvalue weighted by Gasteiger charge is 2.06. The van der Waals surface area contributed by atoms with E-state index in [4.69, 9.17) is 5.73 Å². The smallest absolute Gasteiger partial charge is 0.154 e. The predicted molar refractivity (Wildman–Crippen MR) is 115 cm³/mol. The Kier molecular flexibility index (Phi) is 5.15. The van der Waals surface area contributed by atoms with Gasteiger partial charge in [-0.15, -0.1) is 5.10 Å². The first-order chi connectivity index (χ1) is 14.3. The van der Waals surface area contributed by atoms with Crippen LogP contribution in [0.15, 0.2) is 72.4 Å². The minimum absolute atomic E-state index is 0.593. The van der Waals surface area contributed by atoms with Gasteiger partial charge < -0.3 is 11.1 Å². The van der Waals surface area contributed by atoms with E-state index in [1.54, 1.807) is 38.0 Å². The van der Waals surface area contributed by atoms with Gasteiger partial charge in [-0.1, -0.05) is 0 Å². The van der Waals surface area contributed by atoms with Gasteiger partial charge in [-0.3, -0.25) is 15.0 Å². The zero-order valence-corrected chi connectivity index (χ0v) is 15.7. The van der Waals surface area contributed by atoms with Gasteiger partial charge in [0.15, 0.2) is 5.82 Å². The van der Waals surface area contributed by atoms with Crippen molar-refractivity contribution in [2.45, 2.75) is 0 Å². The molecule has 0 unspecified atom stereocenters. The fraction of sp³-hybridized carbons (Fsp3) is 0.0476. The molecule has 4 aromatic rings. The van der Waals surface area contributed by atoms with E-state index >= 15 is 0 Å². The highest BCUT2D eigenvalue weighted by molar-refractivity contribution is 6.10. The van der Waals surface area contributed by atoms with Crippen LogP contribution in [-0.4, -0.2) is 38.4 Å². The lowest BCUT2D eigenvalue weighted by molar-refractivity contribution is 1.03. The molecule has 0 aliphatic heterocycles. The lowest BCUT2D eigenvalue weighted by Gasteiger charge is -2.08. The highest BCUT2D eigenvalue weighted by Crippen LogP contribution is 2.23. The number of nitrogens with one attached hydrogen (secondary N) is 1. The summed E-state index contributed by atoms with van der Waals surface area (Å²) >= 11 is 0. The van der Waals surface area contributed by atoms with Crippen LogP contribution in [0.1, 0.15) is 5.56 Å². The molecule has 29 heavy (non-hydrogen) atoms. The van der Waals surface area contributed by atoms with E-state index in [0.717, 1.165) is 33.3 Å². The molecule has 0 radical (unpaired) electrons. The Balaban J connectivity index is 1.65. The summed E-state index contributed by atoms with van der Waals surface area (Å²) in [5, 5.41) is 11.4. The van der Waals surface area contributed by atoms with Crippen molar-refractivity contribution in [1.29, 1.82) is 0 Å². The fourth-order valence-corrected chi connectivity index (χ4v) is 2.85. The second kappa shape index (κ2) is 8.22. The molecule has 8 nitrogen and oxygen atoms in total. The van der Waals surface area contributed by atoms with E-state index in [9.17, 15) is 0 Å². The quantitative estimate of drug-likeness (QED) is 0.509. The van der Waals surface area contributed by atoms with Gasteiger partial charge in [0, 0.05) is 54.8 Å². The summed E-state index contributed by atoms with van der Waals surface area (Å²) in [7, 11) is 1.69. The number of anilines is 2. The Morgan fingerprint density at radius 2 is 1.86 bits per heavy atom. The molecule has 142 valence electrons. The van der Waals surface area contributed by atoms with Crippen LogP contribution < -0.4 is 11.1 Å². The normalized spacial score (nSPS) is 11.8. The average molecular weight is 382 g/mol. The number of aromatic nitrogens is 5. The fourth-order valence-electron chi connectivity index (χ4n) is 2.85. The van der Waals surface area contributed by atoms with Crippen LogP contribution in [0.2, 0.25) is 0 Å². The zero-order valence-electron chi connectivity index (χ0n) is 15.7. The number of fused-ring (bicyclic) bond motifs is 1. The standard InChI is InChI=1S/C21H18N8/c1-23-11-17(10-22)15-8-19-18(25-12-15)2-3-20(27-19)28-21-9-16(13-26-29-21)14-4-6-24-7-5-14/h2-13H,22H2,1H3,(H,27,28,29). The number of hydrogen-bond acceptors (Lipinski definition) is 8. The topological polar surface area (TPSA) is 115 Å². The van der Waals surface area contributed by atoms with Gasteiger partial charge in [-0.2, -0.15) is 5.10 Å². The lowest BCUT2D eigenvalue weighted by atomic mass is 10.1. The van der Waals surface area contributed by atoms with Crippen molar-refractivity contribution in [2.24, 2.45) is 10.7 Å². The molecule has 0 aliphatic rings. The zero-order chi connectivity index (χ0) is 20.1. The van der Waals surface area contributed by atoms with Gasteiger partial charge in [0.25, 0.3) is 0 Å². The molecule has 8 heteroatoms. The number of allylic oxidation sites excluding steroid dienone is 1. The van der Waals surface area contributed by atoms with Crippen LogP contribution in [0.25, 0.3) is 27.7 Å². The summed E-state index contributed by atoms with van der Waals surface area (Å²) in [6, 6.07) is 11.4. The van der Waals surface area contributed by atoms with Crippen molar-refractivity contribution in [1.82, 2.24) is 25.1 Å². The van der Waals surface area contributed by atoms with Crippen LogP contribution in [0.3, 0.4) is 0 Å². The molecule has 0 spiro atoms. The van der Waals surface area contributed by atoms with E-state index in [1.165, 1.54) is 6.20 Å². The summed E-state index contributed by atoms with van der Waals surface area (Å²) in [6.07, 6.45) is 10.1. The molecule has 0 saturated carbocycles. The van der Waals surface area contributed by atoms with Crippen molar-refractivity contribution in [3.63, 3.8) is 0 Å². The molecular formula is C21H18N8. The van der Waals surface area contributed by atoms with Gasteiger partial charge in [0.2, 0.25) is 0 Å². The van der Waals surface area contributed by atoms with Gasteiger partial charge >= 0.3 is 0 Å². The van der Waals surface area contributed by atoms with E-state index < -0.39 is 0 Å². The third kappa shape index (κ3) is 4.06. The van der Waals surface area contributed by atoms with E-state index in [2.05, 4.69) is 35.5 Å². The van der Waals surface area contributed by atoms with Gasteiger partial charge in [0.05, 0.1) is 17.2 Å². The Hall–Kier alpha value is -4.20. The largest absolute Gasteiger partial charge is 0.404 e. The van der Waals surface area contributed by atoms with Gasteiger partial charge in [-0.05, 0) is 42.0 Å². The first-order valence-electron chi connectivity index (χ1n) is 8.88. The SMILES string of the molecule is CN=CC(=CN)c1cnc2ccc(Nc3cc(-c4ccncc4)cnn3)nc2c1. The summed E-state index contributed by atoms with van der Waals surface area (Å²) in [5.74, 6) is 1.23. The number of hydrogen-bond donors (Lipinski definition) is 2. The predicted octanol–water partition coefficient (Wildman–Crippen LogP) is 3.23. The molecule has 0 aliphatic carbocycles. The summed E-state index contributed by atoms with van der Waals surface area (Å²) in [5.41, 5.74) is 10.8. The maximum atomic E-state index is 5.70. The third-order valence-corrected chi connectivity index (χ3v) is 4.24. The molecular weight excluding hydrogens is 364 g/mol. The van der Waals surface area contributed by atoms with Crippen LogP contribution in [0.5, 0.6) is 0 Å². The molecule has 3 N–H and O–H groups in total. The van der Waals surface area contributed by atoms with E-state index in [1.807, 2.05) is 36.4 Å². The highest BCUT2D eigenvalue weighted by atomic mass is 15.2. The minimum Gasteiger partial charge on any atom is -0.404 e. The molecule has 0 aromatic carbocycles. The van der Waals surface area contributed by atoms with Crippen molar-refractivity contribution in [3.05, 3.63) is 72.9 Å². The maximum Gasteiger partial charge on any atom is 0.154 e. The molecule has 4 aromatic heterocycles. The monoisotopic (exact) mass is 382 g/mol. The van der Waals surface area contributed by atoms with Gasteiger partial charge in [0.1, 0.15) is 5.82 Å². The van der Waals surface area contributed by atoms with E-state index in [-0.39, 0.29) is 0 Å². The van der Waals surface area contributed by atoms with Crippen molar-refractivity contribution < 1.29 is 0 Å².